The Kier molecular flexibility index (Phi) is 6.61. The number of rotatable bonds is 5. The minimum absolute atomic E-state index is 0.0158. The number of carbonyl (C=O) groups excluding carboxylic acids is 2. The van der Waals surface area contributed by atoms with E-state index in [2.05, 4.69) is 5.32 Å². The van der Waals surface area contributed by atoms with Crippen LogP contribution in [-0.4, -0.2) is 36.6 Å². The van der Waals surface area contributed by atoms with Crippen molar-refractivity contribution in [3.8, 4) is 0 Å². The summed E-state index contributed by atoms with van der Waals surface area (Å²) in [5.74, 6) is -1.32. The van der Waals surface area contributed by atoms with Gasteiger partial charge in [0.15, 0.2) is 0 Å². The van der Waals surface area contributed by atoms with Crippen molar-refractivity contribution in [3.05, 3.63) is 65.0 Å². The molecule has 0 saturated carbocycles. The maximum absolute atomic E-state index is 13.2. The van der Waals surface area contributed by atoms with Gasteiger partial charge in [-0.05, 0) is 42.3 Å². The minimum Gasteiger partial charge on any atom is -0.343 e. The number of benzene rings is 2. The molecule has 150 valence electrons. The van der Waals surface area contributed by atoms with Crippen molar-refractivity contribution in [3.63, 3.8) is 0 Å². The molecule has 0 aliphatic rings. The highest BCUT2D eigenvalue weighted by atomic mass is 19.4. The van der Waals surface area contributed by atoms with Gasteiger partial charge in [-0.15, -0.1) is 0 Å². The molecule has 0 atom stereocenters. The summed E-state index contributed by atoms with van der Waals surface area (Å²) in [7, 11) is 1.51. The standard InChI is InChI=1S/C19H19F4N3O2/c1-12-6-7-14(17(27)24-11-19(21,22)23)9-16(12)25-18(28)26(2)10-13-4-3-5-15(20)8-13/h3-9H,10-11H2,1-2H3,(H,24,27)(H,25,28). The maximum atomic E-state index is 13.2. The van der Waals surface area contributed by atoms with E-state index in [1.54, 1.807) is 18.3 Å². The van der Waals surface area contributed by atoms with E-state index in [4.69, 9.17) is 0 Å². The van der Waals surface area contributed by atoms with Crippen LogP contribution in [0.15, 0.2) is 42.5 Å². The zero-order valence-corrected chi connectivity index (χ0v) is 15.2. The van der Waals surface area contributed by atoms with Crippen LogP contribution < -0.4 is 10.6 Å². The van der Waals surface area contributed by atoms with Crippen molar-refractivity contribution in [2.75, 3.05) is 18.9 Å². The Morgan fingerprint density at radius 3 is 2.46 bits per heavy atom. The third-order valence-electron chi connectivity index (χ3n) is 3.85. The SMILES string of the molecule is Cc1ccc(C(=O)NCC(F)(F)F)cc1NC(=O)N(C)Cc1cccc(F)c1. The largest absolute Gasteiger partial charge is 0.405 e. The number of urea groups is 1. The van der Waals surface area contributed by atoms with E-state index in [1.165, 1.54) is 48.3 Å². The molecular formula is C19H19F4N3O2. The summed E-state index contributed by atoms with van der Waals surface area (Å²) in [6.07, 6.45) is -4.52. The number of halogens is 4. The molecule has 0 fully saturated rings. The number of nitrogens with zero attached hydrogens (tertiary/aromatic N) is 1. The van der Waals surface area contributed by atoms with E-state index in [0.717, 1.165) is 0 Å². The fourth-order valence-corrected chi connectivity index (χ4v) is 2.37. The Morgan fingerprint density at radius 1 is 1.11 bits per heavy atom. The van der Waals surface area contributed by atoms with Crippen LogP contribution in [0.1, 0.15) is 21.5 Å². The van der Waals surface area contributed by atoms with Crippen LogP contribution >= 0.6 is 0 Å². The summed E-state index contributed by atoms with van der Waals surface area (Å²) in [5.41, 5.74) is 1.49. The van der Waals surface area contributed by atoms with E-state index in [9.17, 15) is 27.2 Å². The summed E-state index contributed by atoms with van der Waals surface area (Å²) in [4.78, 5) is 25.6. The monoisotopic (exact) mass is 397 g/mol. The summed E-state index contributed by atoms with van der Waals surface area (Å²) < 4.78 is 50.0. The third kappa shape index (κ3) is 6.26. The van der Waals surface area contributed by atoms with Crippen LogP contribution in [0, 0.1) is 12.7 Å². The number of anilines is 1. The molecule has 0 aliphatic heterocycles. The second-order valence-electron chi connectivity index (χ2n) is 6.24. The average Bonchev–Trinajstić information content (AvgIpc) is 2.60. The normalized spacial score (nSPS) is 11.1. The van der Waals surface area contributed by atoms with Crippen molar-refractivity contribution < 1.29 is 27.2 Å². The highest BCUT2D eigenvalue weighted by Gasteiger charge is 2.28. The van der Waals surface area contributed by atoms with E-state index in [-0.39, 0.29) is 17.8 Å². The molecule has 3 amide bonds. The Hall–Kier alpha value is -3.10. The number of amides is 3. The van der Waals surface area contributed by atoms with Crippen molar-refractivity contribution in [1.29, 1.82) is 0 Å². The molecule has 0 saturated heterocycles. The molecule has 0 aliphatic carbocycles. The predicted octanol–water partition coefficient (Wildman–Crippen LogP) is 4.09. The first-order chi connectivity index (χ1) is 13.0. The van der Waals surface area contributed by atoms with E-state index >= 15 is 0 Å². The van der Waals surface area contributed by atoms with E-state index in [0.29, 0.717) is 11.1 Å². The highest BCUT2D eigenvalue weighted by Crippen LogP contribution is 2.19. The maximum Gasteiger partial charge on any atom is 0.405 e. The minimum atomic E-state index is -4.52. The zero-order chi connectivity index (χ0) is 20.9. The zero-order valence-electron chi connectivity index (χ0n) is 15.2. The Labute approximate surface area is 159 Å². The van der Waals surface area contributed by atoms with Crippen molar-refractivity contribution in [2.24, 2.45) is 0 Å². The summed E-state index contributed by atoms with van der Waals surface area (Å²) in [6, 6.07) is 9.48. The van der Waals surface area contributed by atoms with Gasteiger partial charge >= 0.3 is 12.2 Å². The lowest BCUT2D eigenvalue weighted by Gasteiger charge is -2.19. The van der Waals surface area contributed by atoms with Crippen LogP contribution in [-0.2, 0) is 6.54 Å². The first kappa shape index (κ1) is 21.2. The third-order valence-corrected chi connectivity index (χ3v) is 3.85. The van der Waals surface area contributed by atoms with Gasteiger partial charge in [-0.2, -0.15) is 13.2 Å². The van der Waals surface area contributed by atoms with Crippen molar-refractivity contribution >= 4 is 17.6 Å². The smallest absolute Gasteiger partial charge is 0.343 e. The highest BCUT2D eigenvalue weighted by molar-refractivity contribution is 5.97. The molecule has 0 heterocycles. The van der Waals surface area contributed by atoms with Crippen LogP contribution in [0.4, 0.5) is 28.0 Å². The number of nitrogens with one attached hydrogen (secondary N) is 2. The van der Waals surface area contributed by atoms with E-state index in [1.807, 2.05) is 0 Å². The van der Waals surface area contributed by atoms with Gasteiger partial charge in [0.1, 0.15) is 12.4 Å². The predicted molar refractivity (Wildman–Crippen MR) is 96.5 cm³/mol. The lowest BCUT2D eigenvalue weighted by molar-refractivity contribution is -0.123. The van der Waals surface area contributed by atoms with Gasteiger partial charge in [0.25, 0.3) is 5.91 Å². The van der Waals surface area contributed by atoms with Crippen LogP contribution in [0.3, 0.4) is 0 Å². The van der Waals surface area contributed by atoms with Crippen molar-refractivity contribution in [1.82, 2.24) is 10.2 Å². The van der Waals surface area contributed by atoms with Crippen LogP contribution in [0.2, 0.25) is 0 Å². The molecule has 2 aromatic rings. The summed E-state index contributed by atoms with van der Waals surface area (Å²) in [5, 5.41) is 4.38. The van der Waals surface area contributed by atoms with Gasteiger partial charge in [0.05, 0.1) is 0 Å². The summed E-state index contributed by atoms with van der Waals surface area (Å²) >= 11 is 0. The first-order valence-corrected chi connectivity index (χ1v) is 8.27. The van der Waals surface area contributed by atoms with Gasteiger partial charge in [0.2, 0.25) is 0 Å². The topological polar surface area (TPSA) is 61.4 Å². The molecule has 0 aromatic heterocycles. The molecule has 5 nitrogen and oxygen atoms in total. The average molecular weight is 397 g/mol. The molecule has 2 N–H and O–H groups in total. The lowest BCUT2D eigenvalue weighted by Crippen LogP contribution is -2.34. The molecule has 0 spiro atoms. The number of hydrogen-bond donors (Lipinski definition) is 2. The fraction of sp³-hybridized carbons (Fsp3) is 0.263. The fourth-order valence-electron chi connectivity index (χ4n) is 2.37. The Morgan fingerprint density at radius 2 is 1.82 bits per heavy atom. The van der Waals surface area contributed by atoms with Gasteiger partial charge in [0, 0.05) is 24.8 Å². The number of carbonyl (C=O) groups is 2. The molecule has 0 bridgehead atoms. The van der Waals surface area contributed by atoms with Crippen molar-refractivity contribution in [2.45, 2.75) is 19.6 Å². The van der Waals surface area contributed by atoms with Crippen LogP contribution in [0.25, 0.3) is 0 Å². The molecular weight excluding hydrogens is 378 g/mol. The quantitative estimate of drug-likeness (QED) is 0.747. The van der Waals surface area contributed by atoms with E-state index < -0.39 is 30.5 Å². The van der Waals surface area contributed by atoms with Gasteiger partial charge < -0.3 is 15.5 Å². The second kappa shape index (κ2) is 8.73. The second-order valence-corrected chi connectivity index (χ2v) is 6.24. The Bertz CT molecular complexity index is 868. The number of hydrogen-bond acceptors (Lipinski definition) is 2. The van der Waals surface area contributed by atoms with Gasteiger partial charge in [-0.3, -0.25) is 4.79 Å². The molecule has 2 aromatic carbocycles. The first-order valence-electron chi connectivity index (χ1n) is 8.27. The Balaban J connectivity index is 2.06. The molecule has 0 radical (unpaired) electrons. The molecule has 0 unspecified atom stereocenters. The van der Waals surface area contributed by atoms with Crippen LogP contribution in [0.5, 0.6) is 0 Å². The molecule has 28 heavy (non-hydrogen) atoms. The number of alkyl halides is 3. The lowest BCUT2D eigenvalue weighted by atomic mass is 10.1. The number of aryl methyl sites for hydroxylation is 1. The molecule has 9 heteroatoms. The van der Waals surface area contributed by atoms with Gasteiger partial charge in [-0.1, -0.05) is 18.2 Å². The molecule has 2 rings (SSSR count). The summed E-state index contributed by atoms with van der Waals surface area (Å²) in [6.45, 7) is 0.381. The van der Waals surface area contributed by atoms with Gasteiger partial charge in [-0.25, -0.2) is 9.18 Å².